The van der Waals surface area contributed by atoms with Gasteiger partial charge in [-0.05, 0) is 6.92 Å². The quantitative estimate of drug-likeness (QED) is 0.778. The SMILES string of the molecule is Cc1cc(NC(=O)CN(C)C(=O)CC2COCCN2)no1. The van der Waals surface area contributed by atoms with Gasteiger partial charge in [0, 0.05) is 32.1 Å². The maximum absolute atomic E-state index is 12.0. The van der Waals surface area contributed by atoms with Crippen molar-refractivity contribution >= 4 is 17.6 Å². The monoisotopic (exact) mass is 296 g/mol. The lowest BCUT2D eigenvalue weighted by molar-refractivity contribution is -0.134. The second-order valence-corrected chi connectivity index (χ2v) is 5.05. The molecule has 1 aliphatic rings. The summed E-state index contributed by atoms with van der Waals surface area (Å²) in [5, 5.41) is 9.44. The third-order valence-electron chi connectivity index (χ3n) is 3.12. The lowest BCUT2D eigenvalue weighted by Gasteiger charge is -2.25. The van der Waals surface area contributed by atoms with Crippen LogP contribution in [0.5, 0.6) is 0 Å². The van der Waals surface area contributed by atoms with Crippen molar-refractivity contribution in [2.45, 2.75) is 19.4 Å². The lowest BCUT2D eigenvalue weighted by atomic mass is 10.2. The van der Waals surface area contributed by atoms with Crippen LogP contribution >= 0.6 is 0 Å². The van der Waals surface area contributed by atoms with Crippen LogP contribution in [0.2, 0.25) is 0 Å². The van der Waals surface area contributed by atoms with Crippen LogP contribution in [0.15, 0.2) is 10.6 Å². The molecule has 0 saturated carbocycles. The minimum absolute atomic E-state index is 0.00921. The summed E-state index contributed by atoms with van der Waals surface area (Å²) in [6.07, 6.45) is 0.312. The molecule has 0 bridgehead atoms. The molecular weight excluding hydrogens is 276 g/mol. The van der Waals surface area contributed by atoms with Gasteiger partial charge in [-0.2, -0.15) is 0 Å². The number of rotatable bonds is 5. The molecule has 0 radical (unpaired) electrons. The summed E-state index contributed by atoms with van der Waals surface area (Å²) in [5.41, 5.74) is 0. The van der Waals surface area contributed by atoms with E-state index in [9.17, 15) is 9.59 Å². The normalized spacial score (nSPS) is 18.3. The fourth-order valence-corrected chi connectivity index (χ4v) is 2.03. The van der Waals surface area contributed by atoms with E-state index in [-0.39, 0.29) is 24.4 Å². The number of ether oxygens (including phenoxy) is 1. The van der Waals surface area contributed by atoms with Crippen molar-refractivity contribution in [2.24, 2.45) is 0 Å². The van der Waals surface area contributed by atoms with Crippen LogP contribution in [0, 0.1) is 6.92 Å². The van der Waals surface area contributed by atoms with Gasteiger partial charge in [0.25, 0.3) is 0 Å². The Bertz CT molecular complexity index is 496. The highest BCUT2D eigenvalue weighted by atomic mass is 16.5. The molecule has 1 aromatic heterocycles. The zero-order valence-electron chi connectivity index (χ0n) is 12.2. The van der Waals surface area contributed by atoms with Gasteiger partial charge in [-0.3, -0.25) is 9.59 Å². The third kappa shape index (κ3) is 4.83. The maximum Gasteiger partial charge on any atom is 0.245 e. The first-order valence-electron chi connectivity index (χ1n) is 6.83. The minimum Gasteiger partial charge on any atom is -0.378 e. The average molecular weight is 296 g/mol. The number of anilines is 1. The molecule has 0 aromatic carbocycles. The van der Waals surface area contributed by atoms with E-state index in [0.29, 0.717) is 31.2 Å². The molecular formula is C13H20N4O4. The number of nitrogens with zero attached hydrogens (tertiary/aromatic N) is 2. The van der Waals surface area contributed by atoms with Crippen LogP contribution in [-0.2, 0) is 14.3 Å². The zero-order chi connectivity index (χ0) is 15.2. The smallest absolute Gasteiger partial charge is 0.245 e. The first kappa shape index (κ1) is 15.5. The van der Waals surface area contributed by atoms with Crippen molar-refractivity contribution < 1.29 is 18.8 Å². The van der Waals surface area contributed by atoms with Gasteiger partial charge in [0.15, 0.2) is 5.82 Å². The standard InChI is InChI=1S/C13H20N4O4/c1-9-5-11(16-21-9)15-12(18)7-17(2)13(19)6-10-8-20-4-3-14-10/h5,10,14H,3-4,6-8H2,1-2H3,(H,15,16,18). The molecule has 1 unspecified atom stereocenters. The molecule has 1 atom stereocenters. The maximum atomic E-state index is 12.0. The average Bonchev–Trinajstić information content (AvgIpc) is 2.84. The van der Waals surface area contributed by atoms with Crippen molar-refractivity contribution in [3.8, 4) is 0 Å². The van der Waals surface area contributed by atoms with Gasteiger partial charge in [-0.25, -0.2) is 0 Å². The van der Waals surface area contributed by atoms with Gasteiger partial charge in [-0.15, -0.1) is 0 Å². The molecule has 1 fully saturated rings. The van der Waals surface area contributed by atoms with E-state index in [4.69, 9.17) is 9.26 Å². The Kier molecular flexibility index (Phi) is 5.29. The number of aromatic nitrogens is 1. The number of amides is 2. The first-order chi connectivity index (χ1) is 10.0. The Balaban J connectivity index is 1.75. The Morgan fingerprint density at radius 2 is 2.38 bits per heavy atom. The molecule has 1 aromatic rings. The Morgan fingerprint density at radius 1 is 1.57 bits per heavy atom. The van der Waals surface area contributed by atoms with E-state index in [1.54, 1.807) is 20.0 Å². The molecule has 116 valence electrons. The van der Waals surface area contributed by atoms with Gasteiger partial charge >= 0.3 is 0 Å². The predicted molar refractivity (Wildman–Crippen MR) is 74.7 cm³/mol. The summed E-state index contributed by atoms with van der Waals surface area (Å²) in [7, 11) is 1.60. The Hall–Kier alpha value is -1.93. The number of nitrogens with one attached hydrogen (secondary N) is 2. The van der Waals surface area contributed by atoms with E-state index in [2.05, 4.69) is 15.8 Å². The molecule has 2 rings (SSSR count). The topological polar surface area (TPSA) is 96.7 Å². The molecule has 1 aliphatic heterocycles. The fourth-order valence-electron chi connectivity index (χ4n) is 2.03. The number of hydrogen-bond donors (Lipinski definition) is 2. The number of likely N-dealkylation sites (N-methyl/N-ethyl adjacent to an activating group) is 1. The van der Waals surface area contributed by atoms with Crippen LogP contribution < -0.4 is 10.6 Å². The Labute approximate surface area is 122 Å². The first-order valence-corrected chi connectivity index (χ1v) is 6.83. The summed E-state index contributed by atoms with van der Waals surface area (Å²) in [6.45, 7) is 3.63. The summed E-state index contributed by atoms with van der Waals surface area (Å²) in [4.78, 5) is 25.2. The van der Waals surface area contributed by atoms with Crippen LogP contribution in [0.3, 0.4) is 0 Å². The van der Waals surface area contributed by atoms with E-state index in [1.807, 2.05) is 0 Å². The molecule has 2 amide bonds. The number of morpholine rings is 1. The molecule has 2 heterocycles. The molecule has 2 N–H and O–H groups in total. The van der Waals surface area contributed by atoms with Crippen molar-refractivity contribution in [1.29, 1.82) is 0 Å². The summed E-state index contributed by atoms with van der Waals surface area (Å²) in [5.74, 6) is 0.537. The Morgan fingerprint density at radius 3 is 3.00 bits per heavy atom. The van der Waals surface area contributed by atoms with E-state index in [1.165, 1.54) is 4.90 Å². The highest BCUT2D eigenvalue weighted by molar-refractivity contribution is 5.93. The largest absolute Gasteiger partial charge is 0.378 e. The van der Waals surface area contributed by atoms with Gasteiger partial charge in [-0.1, -0.05) is 5.16 Å². The van der Waals surface area contributed by atoms with Crippen LogP contribution in [0.4, 0.5) is 5.82 Å². The van der Waals surface area contributed by atoms with Gasteiger partial charge in [0.1, 0.15) is 5.76 Å². The lowest BCUT2D eigenvalue weighted by Crippen LogP contribution is -2.45. The molecule has 21 heavy (non-hydrogen) atoms. The van der Waals surface area contributed by atoms with Gasteiger partial charge in [0.05, 0.1) is 19.8 Å². The van der Waals surface area contributed by atoms with Crippen LogP contribution in [0.1, 0.15) is 12.2 Å². The highest BCUT2D eigenvalue weighted by Gasteiger charge is 2.20. The summed E-state index contributed by atoms with van der Waals surface area (Å²) in [6, 6.07) is 1.62. The second kappa shape index (κ2) is 7.19. The number of carbonyl (C=O) groups is 2. The molecule has 0 spiro atoms. The van der Waals surface area contributed by atoms with E-state index >= 15 is 0 Å². The van der Waals surface area contributed by atoms with Crippen molar-refractivity contribution in [1.82, 2.24) is 15.4 Å². The summed E-state index contributed by atoms with van der Waals surface area (Å²) >= 11 is 0. The van der Waals surface area contributed by atoms with Gasteiger partial charge in [0.2, 0.25) is 11.8 Å². The van der Waals surface area contributed by atoms with E-state index < -0.39 is 0 Å². The fraction of sp³-hybridized carbons (Fsp3) is 0.615. The number of aryl methyl sites for hydroxylation is 1. The third-order valence-corrected chi connectivity index (χ3v) is 3.12. The molecule has 8 nitrogen and oxygen atoms in total. The zero-order valence-corrected chi connectivity index (χ0v) is 12.2. The molecule has 1 saturated heterocycles. The number of carbonyl (C=O) groups excluding carboxylic acids is 2. The second-order valence-electron chi connectivity index (χ2n) is 5.05. The molecule has 8 heteroatoms. The minimum atomic E-state index is -0.313. The predicted octanol–water partition coefficient (Wildman–Crippen LogP) is -0.242. The van der Waals surface area contributed by atoms with Gasteiger partial charge < -0.3 is 24.8 Å². The van der Waals surface area contributed by atoms with E-state index in [0.717, 1.165) is 6.54 Å². The van der Waals surface area contributed by atoms with Crippen LogP contribution in [-0.4, -0.2) is 61.3 Å². The van der Waals surface area contributed by atoms with Crippen molar-refractivity contribution in [3.05, 3.63) is 11.8 Å². The molecule has 0 aliphatic carbocycles. The van der Waals surface area contributed by atoms with Crippen LogP contribution in [0.25, 0.3) is 0 Å². The van der Waals surface area contributed by atoms with Crippen molar-refractivity contribution in [2.75, 3.05) is 38.7 Å². The summed E-state index contributed by atoms with van der Waals surface area (Å²) < 4.78 is 10.1. The van der Waals surface area contributed by atoms with Crippen molar-refractivity contribution in [3.63, 3.8) is 0 Å². The number of hydrogen-bond acceptors (Lipinski definition) is 6. The highest BCUT2D eigenvalue weighted by Crippen LogP contribution is 2.07.